The van der Waals surface area contributed by atoms with Gasteiger partial charge in [-0.05, 0) is 37.5 Å². The third kappa shape index (κ3) is 6.36. The van der Waals surface area contributed by atoms with Crippen molar-refractivity contribution in [1.82, 2.24) is 10.6 Å². The first-order valence-corrected chi connectivity index (χ1v) is 8.63. The number of nitrogens with one attached hydrogen (secondary N) is 2. The van der Waals surface area contributed by atoms with E-state index in [2.05, 4.69) is 10.6 Å². The molecule has 0 aliphatic heterocycles. The molecule has 0 saturated carbocycles. The lowest BCUT2D eigenvalue weighted by molar-refractivity contribution is -0.137. The zero-order valence-electron chi connectivity index (χ0n) is 14.9. The van der Waals surface area contributed by atoms with Gasteiger partial charge < -0.3 is 15.7 Å². The van der Waals surface area contributed by atoms with Crippen LogP contribution in [0, 0.1) is 11.6 Å². The van der Waals surface area contributed by atoms with E-state index < -0.39 is 35.7 Å². The fourth-order valence-corrected chi connectivity index (χ4v) is 2.84. The molecule has 5 nitrogen and oxygen atoms in total. The number of aliphatic carboxylic acids is 1. The molecule has 2 aromatic carbocycles. The molecule has 0 fully saturated rings. The van der Waals surface area contributed by atoms with E-state index in [0.29, 0.717) is 6.42 Å². The van der Waals surface area contributed by atoms with Crippen LogP contribution in [-0.2, 0) is 11.2 Å². The Labute approximate surface area is 156 Å². The molecule has 3 N–H and O–H groups in total. The van der Waals surface area contributed by atoms with Crippen LogP contribution in [0.5, 0.6) is 0 Å². The van der Waals surface area contributed by atoms with Crippen LogP contribution < -0.4 is 10.6 Å². The smallest absolute Gasteiger partial charge is 0.315 e. The number of rotatable bonds is 8. The molecule has 2 aromatic rings. The number of carbonyl (C=O) groups is 2. The van der Waals surface area contributed by atoms with Crippen LogP contribution in [0.25, 0.3) is 0 Å². The maximum absolute atomic E-state index is 13.8. The number of carboxylic acid groups (broad SMARTS) is 1. The van der Waals surface area contributed by atoms with Crippen molar-refractivity contribution in [2.75, 3.05) is 0 Å². The summed E-state index contributed by atoms with van der Waals surface area (Å²) in [5, 5.41) is 14.1. The number of carbonyl (C=O) groups excluding carboxylic acids is 1. The lowest BCUT2D eigenvalue weighted by Gasteiger charge is -2.21. The Hall–Kier alpha value is -2.96. The molecule has 0 aromatic heterocycles. The number of hydrogen-bond donors (Lipinski definition) is 3. The maximum Gasteiger partial charge on any atom is 0.315 e. The average molecular weight is 376 g/mol. The quantitative estimate of drug-likeness (QED) is 0.656. The first kappa shape index (κ1) is 20.4. The van der Waals surface area contributed by atoms with Crippen LogP contribution in [0.15, 0.2) is 48.5 Å². The van der Waals surface area contributed by atoms with Gasteiger partial charge in [0.25, 0.3) is 0 Å². The Balaban J connectivity index is 2.02. The minimum atomic E-state index is -0.961. The van der Waals surface area contributed by atoms with Gasteiger partial charge >= 0.3 is 12.0 Å². The first-order valence-electron chi connectivity index (χ1n) is 8.63. The average Bonchev–Trinajstić information content (AvgIpc) is 2.60. The number of hydrogen-bond acceptors (Lipinski definition) is 2. The zero-order chi connectivity index (χ0) is 19.8. The van der Waals surface area contributed by atoms with Crippen molar-refractivity contribution in [3.63, 3.8) is 0 Å². The molecule has 2 rings (SSSR count). The monoisotopic (exact) mass is 376 g/mol. The van der Waals surface area contributed by atoms with Crippen molar-refractivity contribution in [1.29, 1.82) is 0 Å². The van der Waals surface area contributed by atoms with Crippen LogP contribution in [0.1, 0.15) is 36.9 Å². The fraction of sp³-hybridized carbons (Fsp3) is 0.300. The van der Waals surface area contributed by atoms with Crippen molar-refractivity contribution in [2.45, 2.75) is 38.3 Å². The minimum absolute atomic E-state index is 0.102. The Morgan fingerprint density at radius 3 is 2.22 bits per heavy atom. The molecule has 0 aliphatic carbocycles. The Bertz CT molecular complexity index is 764. The molecule has 0 spiro atoms. The Morgan fingerprint density at radius 2 is 1.63 bits per heavy atom. The molecule has 144 valence electrons. The second-order valence-electron chi connectivity index (χ2n) is 6.29. The molecule has 2 atom stereocenters. The van der Waals surface area contributed by atoms with Gasteiger partial charge in [-0.1, -0.05) is 36.4 Å². The summed E-state index contributed by atoms with van der Waals surface area (Å²) in [6.45, 7) is 1.48. The molecule has 2 unspecified atom stereocenters. The molecular formula is C20H22F2N2O3. The van der Waals surface area contributed by atoms with Crippen molar-refractivity contribution < 1.29 is 23.5 Å². The second-order valence-corrected chi connectivity index (χ2v) is 6.29. The Morgan fingerprint density at radius 1 is 1.00 bits per heavy atom. The van der Waals surface area contributed by atoms with Crippen molar-refractivity contribution in [2.24, 2.45) is 0 Å². The summed E-state index contributed by atoms with van der Waals surface area (Å²) in [6, 6.07) is 10.9. The molecule has 0 saturated heterocycles. The largest absolute Gasteiger partial charge is 0.481 e. The molecule has 0 heterocycles. The van der Waals surface area contributed by atoms with E-state index in [9.17, 15) is 18.4 Å². The van der Waals surface area contributed by atoms with Crippen LogP contribution in [0.4, 0.5) is 13.6 Å². The van der Waals surface area contributed by atoms with Gasteiger partial charge in [0, 0.05) is 18.0 Å². The standard InChI is InChI=1S/C20H22F2N2O3/c1-13(19-16(21)8-5-9-17(19)22)23-20(27)24-15(10-11-18(25)26)12-14-6-3-2-4-7-14/h2-9,13,15H,10-12H2,1H3,(H,25,26)(H2,23,24,27). The molecule has 7 heteroatoms. The van der Waals surface area contributed by atoms with E-state index in [0.717, 1.165) is 17.7 Å². The molecule has 0 bridgehead atoms. The normalized spacial score (nSPS) is 12.9. The summed E-state index contributed by atoms with van der Waals surface area (Å²) < 4.78 is 27.7. The van der Waals surface area contributed by atoms with Gasteiger partial charge in [-0.3, -0.25) is 4.79 Å². The maximum atomic E-state index is 13.8. The highest BCUT2D eigenvalue weighted by molar-refractivity contribution is 5.75. The van der Waals surface area contributed by atoms with Crippen molar-refractivity contribution >= 4 is 12.0 Å². The van der Waals surface area contributed by atoms with Crippen LogP contribution in [0.3, 0.4) is 0 Å². The summed E-state index contributed by atoms with van der Waals surface area (Å²) in [7, 11) is 0. The Kier molecular flexibility index (Phi) is 7.28. The molecule has 0 radical (unpaired) electrons. The van der Waals surface area contributed by atoms with E-state index in [-0.39, 0.29) is 18.4 Å². The zero-order valence-corrected chi connectivity index (χ0v) is 14.9. The van der Waals surface area contributed by atoms with E-state index in [4.69, 9.17) is 5.11 Å². The van der Waals surface area contributed by atoms with E-state index in [1.165, 1.54) is 13.0 Å². The highest BCUT2D eigenvalue weighted by Crippen LogP contribution is 2.20. The highest BCUT2D eigenvalue weighted by Gasteiger charge is 2.20. The van der Waals surface area contributed by atoms with Crippen LogP contribution in [0.2, 0.25) is 0 Å². The predicted octanol–water partition coefficient (Wildman–Crippen LogP) is 3.80. The van der Waals surface area contributed by atoms with Gasteiger partial charge in [-0.25, -0.2) is 13.6 Å². The van der Waals surface area contributed by atoms with Gasteiger partial charge in [-0.15, -0.1) is 0 Å². The summed E-state index contributed by atoms with van der Waals surface area (Å²) in [4.78, 5) is 23.1. The van der Waals surface area contributed by atoms with Gasteiger partial charge in [0.1, 0.15) is 11.6 Å². The van der Waals surface area contributed by atoms with Gasteiger partial charge in [0.15, 0.2) is 0 Å². The van der Waals surface area contributed by atoms with Gasteiger partial charge in [0.2, 0.25) is 0 Å². The lowest BCUT2D eigenvalue weighted by Crippen LogP contribution is -2.44. The fourth-order valence-electron chi connectivity index (χ4n) is 2.84. The van der Waals surface area contributed by atoms with E-state index in [1.807, 2.05) is 30.3 Å². The summed E-state index contributed by atoms with van der Waals surface area (Å²) in [5.74, 6) is -2.44. The number of urea groups is 1. The molecular weight excluding hydrogens is 354 g/mol. The van der Waals surface area contributed by atoms with E-state index in [1.54, 1.807) is 0 Å². The lowest BCUT2D eigenvalue weighted by atomic mass is 10.0. The molecule has 2 amide bonds. The van der Waals surface area contributed by atoms with Crippen LogP contribution in [-0.4, -0.2) is 23.1 Å². The summed E-state index contributed by atoms with van der Waals surface area (Å²) in [5.41, 5.74) is 0.721. The number of carboxylic acids is 1. The number of amides is 2. The summed E-state index contributed by atoms with van der Waals surface area (Å²) in [6.07, 6.45) is 0.583. The second kappa shape index (κ2) is 9.66. The van der Waals surface area contributed by atoms with Gasteiger partial charge in [-0.2, -0.15) is 0 Å². The number of halogens is 2. The molecule has 0 aliphatic rings. The minimum Gasteiger partial charge on any atom is -0.481 e. The van der Waals surface area contributed by atoms with Crippen LogP contribution >= 0.6 is 0 Å². The highest BCUT2D eigenvalue weighted by atomic mass is 19.1. The molecule has 27 heavy (non-hydrogen) atoms. The number of benzene rings is 2. The summed E-state index contributed by atoms with van der Waals surface area (Å²) >= 11 is 0. The topological polar surface area (TPSA) is 78.4 Å². The first-order chi connectivity index (χ1) is 12.9. The van der Waals surface area contributed by atoms with Crippen molar-refractivity contribution in [3.8, 4) is 0 Å². The third-order valence-electron chi connectivity index (χ3n) is 4.15. The predicted molar refractivity (Wildman–Crippen MR) is 97.2 cm³/mol. The van der Waals surface area contributed by atoms with Crippen molar-refractivity contribution in [3.05, 3.63) is 71.3 Å². The van der Waals surface area contributed by atoms with E-state index >= 15 is 0 Å². The van der Waals surface area contributed by atoms with Gasteiger partial charge in [0.05, 0.1) is 6.04 Å². The third-order valence-corrected chi connectivity index (χ3v) is 4.15. The SMILES string of the molecule is CC(NC(=O)NC(CCC(=O)O)Cc1ccccc1)c1c(F)cccc1F.